The van der Waals surface area contributed by atoms with E-state index in [0.717, 1.165) is 5.56 Å². The van der Waals surface area contributed by atoms with Gasteiger partial charge in [-0.3, -0.25) is 4.79 Å². The van der Waals surface area contributed by atoms with Crippen LogP contribution < -0.4 is 5.73 Å². The van der Waals surface area contributed by atoms with E-state index in [9.17, 15) is 4.79 Å². The fourth-order valence-corrected chi connectivity index (χ4v) is 1.41. The molecular formula is C13H16N2O2. The molecule has 0 saturated carbocycles. The van der Waals surface area contributed by atoms with E-state index in [1.54, 1.807) is 19.1 Å². The largest absolute Gasteiger partial charge is 0.465 e. The van der Waals surface area contributed by atoms with Gasteiger partial charge in [0, 0.05) is 12.1 Å². The molecule has 0 bridgehead atoms. The second kappa shape index (κ2) is 6.54. The van der Waals surface area contributed by atoms with Crippen LogP contribution in [-0.2, 0) is 9.53 Å². The van der Waals surface area contributed by atoms with Gasteiger partial charge in [0.1, 0.15) is 0 Å². The van der Waals surface area contributed by atoms with E-state index in [2.05, 4.69) is 0 Å². The van der Waals surface area contributed by atoms with Gasteiger partial charge in [-0.2, -0.15) is 5.26 Å². The van der Waals surface area contributed by atoms with E-state index in [4.69, 9.17) is 15.7 Å². The van der Waals surface area contributed by atoms with Crippen molar-refractivity contribution < 1.29 is 9.53 Å². The molecule has 4 heteroatoms. The summed E-state index contributed by atoms with van der Waals surface area (Å²) in [5, 5.41) is 8.34. The minimum absolute atomic E-state index is 0.284. The molecular weight excluding hydrogens is 216 g/mol. The van der Waals surface area contributed by atoms with Crippen molar-refractivity contribution in [2.75, 3.05) is 12.3 Å². The van der Waals surface area contributed by atoms with E-state index in [-0.39, 0.29) is 11.9 Å². The fourth-order valence-electron chi connectivity index (χ4n) is 1.41. The molecule has 0 spiro atoms. The first kappa shape index (κ1) is 13.0. The second-order valence-corrected chi connectivity index (χ2v) is 3.82. The van der Waals surface area contributed by atoms with Crippen molar-refractivity contribution in [2.24, 2.45) is 0 Å². The Balaban J connectivity index is 2.49. The van der Waals surface area contributed by atoms with Gasteiger partial charge in [0.25, 0.3) is 0 Å². The molecule has 90 valence electrons. The number of hydrogen-bond donors (Lipinski definition) is 1. The highest BCUT2D eigenvalue weighted by molar-refractivity contribution is 5.78. The Morgan fingerprint density at radius 3 is 3.00 bits per heavy atom. The molecule has 0 saturated heterocycles. The van der Waals surface area contributed by atoms with Crippen LogP contribution in [0.15, 0.2) is 24.3 Å². The van der Waals surface area contributed by atoms with Gasteiger partial charge in [-0.25, -0.2) is 0 Å². The Bertz CT molecular complexity index is 424. The lowest BCUT2D eigenvalue weighted by Gasteiger charge is -2.11. The average Bonchev–Trinajstić information content (AvgIpc) is 2.33. The molecule has 1 aromatic rings. The van der Waals surface area contributed by atoms with Crippen LogP contribution in [0.3, 0.4) is 0 Å². The number of unbranched alkanes of at least 4 members (excludes halogenated alkanes) is 1. The van der Waals surface area contributed by atoms with E-state index >= 15 is 0 Å². The molecule has 2 N–H and O–H groups in total. The molecule has 1 rings (SSSR count). The molecule has 0 aliphatic heterocycles. The number of carbonyl (C=O) groups excluding carboxylic acids is 1. The maximum Gasteiger partial charge on any atom is 0.313 e. The number of benzene rings is 1. The minimum atomic E-state index is -0.333. The zero-order valence-corrected chi connectivity index (χ0v) is 9.85. The maximum absolute atomic E-state index is 11.7. The average molecular weight is 232 g/mol. The first-order chi connectivity index (χ1) is 8.15. The van der Waals surface area contributed by atoms with Gasteiger partial charge in [-0.05, 0) is 31.0 Å². The van der Waals surface area contributed by atoms with Crippen LogP contribution in [0.25, 0.3) is 0 Å². The zero-order valence-electron chi connectivity index (χ0n) is 9.85. The number of rotatable bonds is 5. The van der Waals surface area contributed by atoms with Crippen LogP contribution in [0.2, 0.25) is 0 Å². The van der Waals surface area contributed by atoms with E-state index in [1.807, 2.05) is 18.2 Å². The molecule has 0 aliphatic carbocycles. The van der Waals surface area contributed by atoms with E-state index in [0.29, 0.717) is 25.1 Å². The molecule has 0 fully saturated rings. The van der Waals surface area contributed by atoms with Crippen LogP contribution >= 0.6 is 0 Å². The van der Waals surface area contributed by atoms with Crippen molar-refractivity contribution in [1.29, 1.82) is 5.26 Å². The molecule has 0 radical (unpaired) electrons. The normalized spacial score (nSPS) is 11.5. The molecule has 0 amide bonds. The van der Waals surface area contributed by atoms with Gasteiger partial charge < -0.3 is 10.5 Å². The van der Waals surface area contributed by atoms with Crippen LogP contribution in [0, 0.1) is 11.3 Å². The summed E-state index contributed by atoms with van der Waals surface area (Å²) in [6.07, 6.45) is 0.978. The standard InChI is InChI=1S/C13H16N2O2/c1-10(11-5-4-6-12(15)9-11)13(16)17-8-3-2-7-14/h4-6,9-10H,2-3,8,15H2,1H3. The number of hydrogen-bond acceptors (Lipinski definition) is 4. The highest BCUT2D eigenvalue weighted by Crippen LogP contribution is 2.19. The van der Waals surface area contributed by atoms with Gasteiger partial charge >= 0.3 is 5.97 Å². The van der Waals surface area contributed by atoms with Gasteiger partial charge in [0.2, 0.25) is 0 Å². The lowest BCUT2D eigenvalue weighted by molar-refractivity contribution is -0.145. The number of nitrogens with two attached hydrogens (primary N) is 1. The molecule has 1 aromatic carbocycles. The second-order valence-electron chi connectivity index (χ2n) is 3.82. The third-order valence-electron chi connectivity index (χ3n) is 2.44. The zero-order chi connectivity index (χ0) is 12.7. The summed E-state index contributed by atoms with van der Waals surface area (Å²) in [6, 6.07) is 9.19. The van der Waals surface area contributed by atoms with E-state index < -0.39 is 0 Å². The van der Waals surface area contributed by atoms with Gasteiger partial charge in [-0.15, -0.1) is 0 Å². The summed E-state index contributed by atoms with van der Waals surface area (Å²) in [6.45, 7) is 2.07. The summed E-state index contributed by atoms with van der Waals surface area (Å²) in [5.74, 6) is -0.617. The Morgan fingerprint density at radius 1 is 1.59 bits per heavy atom. The Kier molecular flexibility index (Phi) is 5.02. The van der Waals surface area contributed by atoms with E-state index in [1.165, 1.54) is 0 Å². The molecule has 1 atom stereocenters. The molecule has 1 unspecified atom stereocenters. The SMILES string of the molecule is CC(C(=O)OCCCC#N)c1cccc(N)c1. The number of anilines is 1. The predicted octanol–water partition coefficient (Wildman–Crippen LogP) is 2.22. The summed E-state index contributed by atoms with van der Waals surface area (Å²) in [5.41, 5.74) is 7.12. The fraction of sp³-hybridized carbons (Fsp3) is 0.385. The summed E-state index contributed by atoms with van der Waals surface area (Å²) in [7, 11) is 0. The predicted molar refractivity (Wildman–Crippen MR) is 65.1 cm³/mol. The lowest BCUT2D eigenvalue weighted by Crippen LogP contribution is -2.14. The molecule has 0 aliphatic rings. The van der Waals surface area contributed by atoms with Crippen LogP contribution in [0.4, 0.5) is 5.69 Å². The third kappa shape index (κ3) is 4.15. The van der Waals surface area contributed by atoms with Gasteiger partial charge in [0.05, 0.1) is 18.6 Å². The smallest absolute Gasteiger partial charge is 0.313 e. The number of carbonyl (C=O) groups is 1. The van der Waals surface area contributed by atoms with Crippen molar-refractivity contribution in [2.45, 2.75) is 25.7 Å². The molecule has 17 heavy (non-hydrogen) atoms. The number of ether oxygens (including phenoxy) is 1. The summed E-state index contributed by atoms with van der Waals surface area (Å²) < 4.78 is 5.07. The topological polar surface area (TPSA) is 76.1 Å². The van der Waals surface area contributed by atoms with Crippen molar-refractivity contribution in [3.63, 3.8) is 0 Å². The number of nitrogen functional groups attached to an aromatic ring is 1. The number of esters is 1. The van der Waals surface area contributed by atoms with Crippen molar-refractivity contribution in [3.05, 3.63) is 29.8 Å². The summed E-state index contributed by atoms with van der Waals surface area (Å²) in [4.78, 5) is 11.7. The summed E-state index contributed by atoms with van der Waals surface area (Å²) >= 11 is 0. The third-order valence-corrected chi connectivity index (χ3v) is 2.44. The van der Waals surface area contributed by atoms with Crippen molar-refractivity contribution >= 4 is 11.7 Å². The molecule has 0 heterocycles. The lowest BCUT2D eigenvalue weighted by atomic mass is 10.0. The van der Waals surface area contributed by atoms with Crippen LogP contribution in [-0.4, -0.2) is 12.6 Å². The Morgan fingerprint density at radius 2 is 2.35 bits per heavy atom. The first-order valence-corrected chi connectivity index (χ1v) is 5.54. The Hall–Kier alpha value is -2.02. The minimum Gasteiger partial charge on any atom is -0.465 e. The quantitative estimate of drug-likeness (QED) is 0.479. The number of nitriles is 1. The van der Waals surface area contributed by atoms with Crippen molar-refractivity contribution in [1.82, 2.24) is 0 Å². The number of nitrogens with zero attached hydrogens (tertiary/aromatic N) is 1. The van der Waals surface area contributed by atoms with Gasteiger partial charge in [-0.1, -0.05) is 12.1 Å². The first-order valence-electron chi connectivity index (χ1n) is 5.54. The van der Waals surface area contributed by atoms with Crippen LogP contribution in [0.5, 0.6) is 0 Å². The highest BCUT2D eigenvalue weighted by Gasteiger charge is 2.16. The highest BCUT2D eigenvalue weighted by atomic mass is 16.5. The monoisotopic (exact) mass is 232 g/mol. The molecule has 0 aromatic heterocycles. The van der Waals surface area contributed by atoms with Crippen molar-refractivity contribution in [3.8, 4) is 6.07 Å². The van der Waals surface area contributed by atoms with Crippen LogP contribution in [0.1, 0.15) is 31.2 Å². The molecule has 4 nitrogen and oxygen atoms in total. The van der Waals surface area contributed by atoms with Gasteiger partial charge in [0.15, 0.2) is 0 Å². The Labute approximate surface area is 101 Å². The maximum atomic E-state index is 11.7.